The summed E-state index contributed by atoms with van der Waals surface area (Å²) in [4.78, 5) is 20.5. The van der Waals surface area contributed by atoms with E-state index in [9.17, 15) is 13.2 Å². The number of aromatic nitrogens is 2. The number of carbonyl (C=O) groups excluding carboxylic acids is 1. The lowest BCUT2D eigenvalue weighted by Crippen LogP contribution is -2.33. The van der Waals surface area contributed by atoms with Crippen LogP contribution in [0, 0.1) is 6.92 Å². The van der Waals surface area contributed by atoms with E-state index in [2.05, 4.69) is 14.7 Å². The lowest BCUT2D eigenvalue weighted by Gasteiger charge is -2.12. The number of hydrogen-bond donors (Lipinski definition) is 2. The van der Waals surface area contributed by atoms with Crippen LogP contribution in [0.15, 0.2) is 30.3 Å². The second-order valence-electron chi connectivity index (χ2n) is 6.83. The summed E-state index contributed by atoms with van der Waals surface area (Å²) in [5.41, 5.74) is 2.96. The summed E-state index contributed by atoms with van der Waals surface area (Å²) in [5.74, 6) is -0.0857. The smallest absolute Gasteiger partial charge is 0.265 e. The van der Waals surface area contributed by atoms with Gasteiger partial charge in [0.2, 0.25) is 10.0 Å². The van der Waals surface area contributed by atoms with E-state index in [-0.39, 0.29) is 11.3 Å². The topological polar surface area (TPSA) is 91.9 Å². The Bertz CT molecular complexity index is 1170. The van der Waals surface area contributed by atoms with E-state index in [0.717, 1.165) is 11.1 Å². The number of nitrogens with zero attached hydrogens (tertiary/aromatic N) is 1. The number of benzene rings is 2. The number of nitrogens with one attached hydrogen (secondary N) is 2. The number of sulfonamides is 1. The van der Waals surface area contributed by atoms with E-state index >= 15 is 0 Å². The Morgan fingerprint density at radius 3 is 2.66 bits per heavy atom. The largest absolute Gasteiger partial charge is 0.342 e. The second-order valence-corrected chi connectivity index (χ2v) is 9.51. The summed E-state index contributed by atoms with van der Waals surface area (Å²) >= 11 is 12.3. The molecule has 2 N–H and O–H groups in total. The van der Waals surface area contributed by atoms with Gasteiger partial charge in [-0.05, 0) is 48.7 Å². The van der Waals surface area contributed by atoms with Gasteiger partial charge >= 0.3 is 0 Å². The molecule has 6 nitrogen and oxygen atoms in total. The first-order chi connectivity index (χ1) is 13.7. The molecule has 1 amide bonds. The first-order valence-corrected chi connectivity index (χ1v) is 11.6. The van der Waals surface area contributed by atoms with Crippen molar-refractivity contribution >= 4 is 50.2 Å². The van der Waals surface area contributed by atoms with Gasteiger partial charge in [-0.3, -0.25) is 4.79 Å². The molecule has 0 spiro atoms. The van der Waals surface area contributed by atoms with Crippen LogP contribution < -0.4 is 4.72 Å². The normalized spacial score (nSPS) is 11.7. The van der Waals surface area contributed by atoms with Crippen molar-refractivity contribution in [3.05, 3.63) is 62.9 Å². The van der Waals surface area contributed by atoms with Gasteiger partial charge < -0.3 is 4.98 Å². The van der Waals surface area contributed by atoms with Gasteiger partial charge in [0.1, 0.15) is 5.82 Å². The van der Waals surface area contributed by atoms with Crippen LogP contribution in [0.4, 0.5) is 0 Å². The van der Waals surface area contributed by atoms with E-state index in [1.165, 1.54) is 0 Å². The summed E-state index contributed by atoms with van der Waals surface area (Å²) in [6.45, 7) is 3.70. The SMILES string of the molecule is CCCCS(=O)(=O)NC(=O)c1ccc2[nH]c(C)nc2c1Cc1ccc(Cl)cc1Cl. The Balaban J connectivity index is 2.05. The van der Waals surface area contributed by atoms with Gasteiger partial charge in [0.15, 0.2) is 0 Å². The monoisotopic (exact) mass is 453 g/mol. The summed E-state index contributed by atoms with van der Waals surface area (Å²) < 4.78 is 26.6. The molecule has 3 aromatic rings. The Morgan fingerprint density at radius 2 is 1.97 bits per heavy atom. The molecular weight excluding hydrogens is 433 g/mol. The number of imidazole rings is 1. The Kier molecular flexibility index (Phi) is 6.51. The minimum absolute atomic E-state index is 0.0999. The molecule has 1 heterocycles. The third-order valence-corrected chi connectivity index (χ3v) is 6.43. The van der Waals surface area contributed by atoms with Crippen molar-refractivity contribution in [1.29, 1.82) is 0 Å². The number of hydrogen-bond acceptors (Lipinski definition) is 4. The standard InChI is InChI=1S/C20H21Cl2N3O3S/c1-3-4-9-29(27,28)25-20(26)15-7-8-18-19(24-12(2)23-18)16(15)10-13-5-6-14(21)11-17(13)22/h5-8,11H,3-4,9-10H2,1-2H3,(H,23,24)(H,25,26). The minimum atomic E-state index is -3.71. The van der Waals surface area contributed by atoms with Crippen LogP contribution in [-0.4, -0.2) is 30.0 Å². The molecule has 0 unspecified atom stereocenters. The van der Waals surface area contributed by atoms with Gasteiger partial charge in [0.25, 0.3) is 5.91 Å². The third-order valence-electron chi connectivity index (χ3n) is 4.52. The number of H-pyrrole nitrogens is 1. The molecule has 1 aromatic heterocycles. The molecule has 0 aliphatic rings. The molecule has 3 rings (SSSR count). The van der Waals surface area contributed by atoms with Gasteiger partial charge in [-0.25, -0.2) is 18.1 Å². The molecule has 9 heteroatoms. The molecule has 0 bridgehead atoms. The summed E-state index contributed by atoms with van der Waals surface area (Å²) in [6, 6.07) is 8.44. The van der Waals surface area contributed by atoms with Gasteiger partial charge in [0, 0.05) is 22.0 Å². The molecule has 0 saturated carbocycles. The maximum Gasteiger partial charge on any atom is 0.265 e. The molecular formula is C20H21Cl2N3O3S. The van der Waals surface area contributed by atoms with Gasteiger partial charge in [0.05, 0.1) is 16.8 Å². The Labute approximate surface area is 179 Å². The van der Waals surface area contributed by atoms with Crippen LogP contribution in [-0.2, 0) is 16.4 Å². The summed E-state index contributed by atoms with van der Waals surface area (Å²) in [5, 5.41) is 0.969. The van der Waals surface area contributed by atoms with Crippen molar-refractivity contribution in [1.82, 2.24) is 14.7 Å². The van der Waals surface area contributed by atoms with E-state index < -0.39 is 15.9 Å². The first-order valence-electron chi connectivity index (χ1n) is 9.17. The molecule has 2 aromatic carbocycles. The molecule has 29 heavy (non-hydrogen) atoms. The fourth-order valence-corrected chi connectivity index (χ4v) is 4.72. The maximum atomic E-state index is 12.8. The van der Waals surface area contributed by atoms with Crippen molar-refractivity contribution < 1.29 is 13.2 Å². The number of aryl methyl sites for hydroxylation is 1. The average molecular weight is 454 g/mol. The van der Waals surface area contributed by atoms with Crippen LogP contribution in [0.25, 0.3) is 11.0 Å². The highest BCUT2D eigenvalue weighted by atomic mass is 35.5. The van der Waals surface area contributed by atoms with Crippen molar-refractivity contribution in [3.8, 4) is 0 Å². The quantitative estimate of drug-likeness (QED) is 0.545. The summed E-state index contributed by atoms with van der Waals surface area (Å²) in [6.07, 6.45) is 1.50. The molecule has 0 saturated heterocycles. The van der Waals surface area contributed by atoms with E-state index in [1.54, 1.807) is 30.3 Å². The lowest BCUT2D eigenvalue weighted by molar-refractivity contribution is 0.0980. The molecule has 0 radical (unpaired) electrons. The molecule has 0 aliphatic carbocycles. The molecule has 0 fully saturated rings. The fourth-order valence-electron chi connectivity index (χ4n) is 3.08. The second kappa shape index (κ2) is 8.73. The average Bonchev–Trinajstić information content (AvgIpc) is 3.02. The molecule has 154 valence electrons. The van der Waals surface area contributed by atoms with E-state index in [0.29, 0.717) is 46.2 Å². The predicted octanol–water partition coefficient (Wildman–Crippen LogP) is 4.63. The Hall–Kier alpha value is -2.09. The number of aromatic amines is 1. The van der Waals surface area contributed by atoms with Crippen molar-refractivity contribution in [2.75, 3.05) is 5.75 Å². The number of unbranched alkanes of at least 4 members (excludes halogenated alkanes) is 1. The minimum Gasteiger partial charge on any atom is -0.342 e. The molecule has 0 aliphatic heterocycles. The first kappa shape index (κ1) is 21.6. The van der Waals surface area contributed by atoms with Gasteiger partial charge in [-0.15, -0.1) is 0 Å². The lowest BCUT2D eigenvalue weighted by atomic mass is 9.97. The highest BCUT2D eigenvalue weighted by molar-refractivity contribution is 7.90. The fraction of sp³-hybridized carbons (Fsp3) is 0.300. The van der Waals surface area contributed by atoms with Crippen molar-refractivity contribution in [2.45, 2.75) is 33.1 Å². The number of rotatable bonds is 7. The van der Waals surface area contributed by atoms with Crippen LogP contribution in [0.1, 0.15) is 47.1 Å². The molecule has 0 atom stereocenters. The number of amides is 1. The predicted molar refractivity (Wildman–Crippen MR) is 116 cm³/mol. The maximum absolute atomic E-state index is 12.8. The van der Waals surface area contributed by atoms with Crippen molar-refractivity contribution in [2.24, 2.45) is 0 Å². The van der Waals surface area contributed by atoms with E-state index in [1.807, 2.05) is 13.8 Å². The zero-order chi connectivity index (χ0) is 21.2. The van der Waals surface area contributed by atoms with Crippen LogP contribution in [0.2, 0.25) is 10.0 Å². The van der Waals surface area contributed by atoms with Crippen LogP contribution >= 0.6 is 23.2 Å². The van der Waals surface area contributed by atoms with Crippen LogP contribution in [0.3, 0.4) is 0 Å². The Morgan fingerprint density at radius 1 is 1.21 bits per heavy atom. The summed E-state index contributed by atoms with van der Waals surface area (Å²) in [7, 11) is -3.71. The zero-order valence-corrected chi connectivity index (χ0v) is 18.4. The van der Waals surface area contributed by atoms with Gasteiger partial charge in [-0.2, -0.15) is 0 Å². The number of halogens is 2. The number of fused-ring (bicyclic) bond motifs is 1. The zero-order valence-electron chi connectivity index (χ0n) is 16.1. The van der Waals surface area contributed by atoms with E-state index in [4.69, 9.17) is 23.2 Å². The van der Waals surface area contributed by atoms with Crippen LogP contribution in [0.5, 0.6) is 0 Å². The third kappa shape index (κ3) is 5.10. The number of carbonyl (C=O) groups is 1. The highest BCUT2D eigenvalue weighted by Gasteiger charge is 2.22. The van der Waals surface area contributed by atoms with Crippen molar-refractivity contribution in [3.63, 3.8) is 0 Å². The highest BCUT2D eigenvalue weighted by Crippen LogP contribution is 2.28. The van der Waals surface area contributed by atoms with Gasteiger partial charge in [-0.1, -0.05) is 42.6 Å².